The summed E-state index contributed by atoms with van der Waals surface area (Å²) in [4.78, 5) is 25.6. The van der Waals surface area contributed by atoms with Crippen molar-refractivity contribution in [3.63, 3.8) is 0 Å². The minimum absolute atomic E-state index is 0.0716. The topological polar surface area (TPSA) is 71.3 Å². The van der Waals surface area contributed by atoms with E-state index in [1.54, 1.807) is 6.07 Å². The smallest absolute Gasteiger partial charge is 0.360 e. The molecule has 4 rings (SSSR count). The Balaban J connectivity index is 1.87. The van der Waals surface area contributed by atoms with E-state index in [1.807, 2.05) is 43.3 Å². The predicted octanol–water partition coefficient (Wildman–Crippen LogP) is 6.81. The highest BCUT2D eigenvalue weighted by molar-refractivity contribution is 6.07. The number of carbonyl (C=O) groups is 1. The van der Waals surface area contributed by atoms with Gasteiger partial charge in [-0.1, -0.05) is 44.2 Å². The molecule has 0 aliphatic heterocycles. The number of carbonyl (C=O) groups excluding carboxylic acids is 1. The van der Waals surface area contributed by atoms with Crippen molar-refractivity contribution in [3.8, 4) is 11.1 Å². The first-order valence-corrected chi connectivity index (χ1v) is 10.4. The molecule has 0 unspecified atom stereocenters. The van der Waals surface area contributed by atoms with Crippen molar-refractivity contribution in [2.75, 3.05) is 10.6 Å². The first kappa shape index (κ1) is 22.2. The van der Waals surface area contributed by atoms with Crippen molar-refractivity contribution < 1.29 is 18.0 Å². The molecule has 0 saturated carbocycles. The maximum Gasteiger partial charge on any atom is 0.360 e. The van der Waals surface area contributed by atoms with Crippen LogP contribution >= 0.6 is 0 Å². The van der Waals surface area contributed by atoms with Crippen LogP contribution in [0, 0.1) is 18.6 Å². The number of anilines is 2. The third-order valence-corrected chi connectivity index (χ3v) is 5.43. The summed E-state index contributed by atoms with van der Waals surface area (Å²) in [6.45, 7) is 6.01. The van der Waals surface area contributed by atoms with Gasteiger partial charge in [0.15, 0.2) is 0 Å². The number of hydrogen-bond donors (Lipinski definition) is 2. The molecular formula is C26H22F2N2O3. The van der Waals surface area contributed by atoms with Crippen LogP contribution in [0.25, 0.3) is 22.1 Å². The second kappa shape index (κ2) is 8.86. The van der Waals surface area contributed by atoms with Crippen LogP contribution in [0.1, 0.15) is 30.9 Å². The van der Waals surface area contributed by atoms with E-state index in [-0.39, 0.29) is 17.3 Å². The second-order valence-electron chi connectivity index (χ2n) is 8.07. The van der Waals surface area contributed by atoms with Gasteiger partial charge < -0.3 is 15.1 Å². The molecule has 0 spiro atoms. The summed E-state index contributed by atoms with van der Waals surface area (Å²) in [6.07, 6.45) is 0. The highest BCUT2D eigenvalue weighted by Gasteiger charge is 2.21. The number of urea groups is 1. The van der Waals surface area contributed by atoms with E-state index >= 15 is 0 Å². The van der Waals surface area contributed by atoms with E-state index in [1.165, 1.54) is 0 Å². The summed E-state index contributed by atoms with van der Waals surface area (Å²) in [5.74, 6) is -1.47. The number of fused-ring (bicyclic) bond motifs is 1. The summed E-state index contributed by atoms with van der Waals surface area (Å²) >= 11 is 0. The monoisotopic (exact) mass is 448 g/mol. The van der Waals surface area contributed by atoms with Crippen molar-refractivity contribution in [1.82, 2.24) is 0 Å². The first-order chi connectivity index (χ1) is 15.7. The van der Waals surface area contributed by atoms with Crippen LogP contribution in [0.2, 0.25) is 0 Å². The Hall–Kier alpha value is -4.00. The number of halogens is 2. The van der Waals surface area contributed by atoms with E-state index < -0.39 is 23.3 Å². The largest absolute Gasteiger partial charge is 0.421 e. The lowest BCUT2D eigenvalue weighted by Crippen LogP contribution is -2.24. The molecule has 3 aromatic carbocycles. The Labute approximate surface area is 189 Å². The predicted molar refractivity (Wildman–Crippen MR) is 126 cm³/mol. The highest BCUT2D eigenvalue weighted by Crippen LogP contribution is 2.36. The molecule has 1 aromatic heterocycles. The Morgan fingerprint density at radius 3 is 2.42 bits per heavy atom. The van der Waals surface area contributed by atoms with E-state index in [0.29, 0.717) is 22.6 Å². The van der Waals surface area contributed by atoms with E-state index in [9.17, 15) is 18.4 Å². The summed E-state index contributed by atoms with van der Waals surface area (Å²) in [6, 6.07) is 15.0. The van der Waals surface area contributed by atoms with Gasteiger partial charge in [-0.2, -0.15) is 0 Å². The molecule has 168 valence electrons. The van der Waals surface area contributed by atoms with Crippen LogP contribution in [0.3, 0.4) is 0 Å². The van der Waals surface area contributed by atoms with Crippen molar-refractivity contribution >= 4 is 28.4 Å². The Morgan fingerprint density at radius 2 is 1.73 bits per heavy atom. The zero-order valence-electron chi connectivity index (χ0n) is 18.3. The molecule has 0 fully saturated rings. The van der Waals surface area contributed by atoms with E-state index in [2.05, 4.69) is 24.5 Å². The molecule has 2 amide bonds. The van der Waals surface area contributed by atoms with Gasteiger partial charge in [-0.15, -0.1) is 0 Å². The molecule has 0 atom stereocenters. The van der Waals surface area contributed by atoms with Gasteiger partial charge in [0.05, 0.1) is 5.69 Å². The average molecular weight is 448 g/mol. The molecule has 33 heavy (non-hydrogen) atoms. The fourth-order valence-electron chi connectivity index (χ4n) is 3.68. The first-order valence-electron chi connectivity index (χ1n) is 10.4. The van der Waals surface area contributed by atoms with Crippen LogP contribution in [-0.2, 0) is 0 Å². The van der Waals surface area contributed by atoms with E-state index in [4.69, 9.17) is 4.42 Å². The second-order valence-corrected chi connectivity index (χ2v) is 8.07. The van der Waals surface area contributed by atoms with Crippen LogP contribution < -0.4 is 16.3 Å². The SMILES string of the molecule is Cc1ccccc1-c1c(NC(=O)Nc2ccc(F)cc2F)c(=O)oc2ccc(C(C)C)cc12. The summed E-state index contributed by atoms with van der Waals surface area (Å²) in [5.41, 5.74) is 2.54. The third-order valence-electron chi connectivity index (χ3n) is 5.43. The standard InChI is InChI=1S/C26H22F2N2O3/c1-14(2)16-8-11-22-19(12-16)23(18-7-5-4-6-15(18)3)24(25(31)33-22)30-26(32)29-21-10-9-17(27)13-20(21)28/h4-14H,1-3H3,(H2,29,30,32). The Kier molecular flexibility index (Phi) is 5.96. The number of nitrogens with one attached hydrogen (secondary N) is 2. The molecule has 0 aliphatic carbocycles. The molecular weight excluding hydrogens is 426 g/mol. The van der Waals surface area contributed by atoms with Gasteiger partial charge in [-0.25, -0.2) is 18.4 Å². The van der Waals surface area contributed by atoms with Gasteiger partial charge >= 0.3 is 11.7 Å². The Morgan fingerprint density at radius 1 is 0.970 bits per heavy atom. The molecule has 0 bridgehead atoms. The molecule has 2 N–H and O–H groups in total. The van der Waals surface area contributed by atoms with Gasteiger partial charge in [0.1, 0.15) is 22.9 Å². The Bertz CT molecular complexity index is 1430. The lowest BCUT2D eigenvalue weighted by molar-refractivity contribution is 0.262. The lowest BCUT2D eigenvalue weighted by Gasteiger charge is -2.16. The zero-order chi connectivity index (χ0) is 23.7. The van der Waals surface area contributed by atoms with Crippen LogP contribution in [0.5, 0.6) is 0 Å². The summed E-state index contributed by atoms with van der Waals surface area (Å²) in [5, 5.41) is 5.50. The number of amides is 2. The average Bonchev–Trinajstić information content (AvgIpc) is 2.76. The van der Waals surface area contributed by atoms with Gasteiger partial charge in [-0.05, 0) is 53.8 Å². The fourth-order valence-corrected chi connectivity index (χ4v) is 3.68. The molecule has 4 aromatic rings. The van der Waals surface area contributed by atoms with Crippen molar-refractivity contribution in [2.45, 2.75) is 26.7 Å². The molecule has 1 heterocycles. The van der Waals surface area contributed by atoms with Crippen molar-refractivity contribution in [1.29, 1.82) is 0 Å². The van der Waals surface area contributed by atoms with Crippen LogP contribution in [0.15, 0.2) is 69.9 Å². The minimum Gasteiger partial charge on any atom is -0.421 e. The molecule has 5 nitrogen and oxygen atoms in total. The molecule has 0 saturated heterocycles. The third kappa shape index (κ3) is 4.48. The molecule has 0 radical (unpaired) electrons. The van der Waals surface area contributed by atoms with Crippen molar-refractivity contribution in [2.24, 2.45) is 0 Å². The van der Waals surface area contributed by atoms with Gasteiger partial charge in [0, 0.05) is 17.0 Å². The summed E-state index contributed by atoms with van der Waals surface area (Å²) < 4.78 is 32.7. The van der Waals surface area contributed by atoms with Crippen LogP contribution in [0.4, 0.5) is 25.0 Å². The number of benzene rings is 3. The van der Waals surface area contributed by atoms with Gasteiger partial charge in [-0.3, -0.25) is 0 Å². The minimum atomic E-state index is -0.934. The molecule has 0 aliphatic rings. The number of hydrogen-bond acceptors (Lipinski definition) is 3. The van der Waals surface area contributed by atoms with Crippen LogP contribution in [-0.4, -0.2) is 6.03 Å². The quantitative estimate of drug-likeness (QED) is 0.337. The summed E-state index contributed by atoms with van der Waals surface area (Å²) in [7, 11) is 0. The maximum absolute atomic E-state index is 14.0. The van der Waals surface area contributed by atoms with Gasteiger partial charge in [0.2, 0.25) is 0 Å². The normalized spacial score (nSPS) is 11.1. The molecule has 7 heteroatoms. The number of aryl methyl sites for hydroxylation is 1. The van der Waals surface area contributed by atoms with E-state index in [0.717, 1.165) is 28.8 Å². The lowest BCUT2D eigenvalue weighted by atomic mass is 9.93. The van der Waals surface area contributed by atoms with Crippen molar-refractivity contribution in [3.05, 3.63) is 93.8 Å². The van der Waals surface area contributed by atoms with Gasteiger partial charge in [0.25, 0.3) is 0 Å². The number of rotatable bonds is 4. The zero-order valence-corrected chi connectivity index (χ0v) is 18.3. The fraction of sp³-hybridized carbons (Fsp3) is 0.154. The highest BCUT2D eigenvalue weighted by atomic mass is 19.1. The maximum atomic E-state index is 14.0.